The second kappa shape index (κ2) is 8.47. The Morgan fingerprint density at radius 1 is 1.00 bits per heavy atom. The molecule has 1 aliphatic rings. The molecule has 0 aliphatic carbocycles. The summed E-state index contributed by atoms with van der Waals surface area (Å²) in [6, 6.07) is 13.8. The lowest BCUT2D eigenvalue weighted by molar-refractivity contribution is 0.0924. The fourth-order valence-corrected chi connectivity index (χ4v) is 3.88. The van der Waals surface area contributed by atoms with Crippen LogP contribution >= 0.6 is 0 Å². The molecule has 0 radical (unpaired) electrons. The van der Waals surface area contributed by atoms with Gasteiger partial charge in [0.2, 0.25) is 0 Å². The van der Waals surface area contributed by atoms with E-state index in [4.69, 9.17) is 4.42 Å². The molecule has 0 atom stereocenters. The number of anilines is 2. The molecule has 0 bridgehead atoms. The van der Waals surface area contributed by atoms with Gasteiger partial charge in [0.15, 0.2) is 11.4 Å². The highest BCUT2D eigenvalue weighted by Gasteiger charge is 2.21. The van der Waals surface area contributed by atoms with Crippen molar-refractivity contribution in [3.63, 3.8) is 0 Å². The Hall–Kier alpha value is -3.88. The molecule has 0 unspecified atom stereocenters. The molecule has 158 valence electrons. The number of carbonyl (C=O) groups excluding carboxylic acids is 1. The van der Waals surface area contributed by atoms with Crippen molar-refractivity contribution < 1.29 is 9.21 Å². The van der Waals surface area contributed by atoms with Crippen LogP contribution in [0.3, 0.4) is 0 Å². The van der Waals surface area contributed by atoms with Crippen molar-refractivity contribution in [1.29, 1.82) is 0 Å². The molecule has 1 amide bonds. The normalized spacial score (nSPS) is 14.2. The van der Waals surface area contributed by atoms with Crippen molar-refractivity contribution in [3.8, 4) is 0 Å². The zero-order chi connectivity index (χ0) is 21.0. The lowest BCUT2D eigenvalue weighted by atomic mass is 10.2. The van der Waals surface area contributed by atoms with Crippen LogP contribution in [0, 0.1) is 0 Å². The van der Waals surface area contributed by atoms with Crippen LogP contribution in [-0.2, 0) is 6.54 Å². The first-order valence-corrected chi connectivity index (χ1v) is 10.3. The molecular weight excluding hydrogens is 394 g/mol. The number of hydrogen-bond donors (Lipinski definition) is 1. The first kappa shape index (κ1) is 19.1. The summed E-state index contributed by atoms with van der Waals surface area (Å²) in [5.41, 5.74) is 2.02. The molecular formula is C22H23N7O2. The highest BCUT2D eigenvalue weighted by molar-refractivity contribution is 5.91. The van der Waals surface area contributed by atoms with E-state index >= 15 is 0 Å². The van der Waals surface area contributed by atoms with Gasteiger partial charge in [-0.15, -0.1) is 0 Å². The summed E-state index contributed by atoms with van der Waals surface area (Å²) in [4.78, 5) is 25.7. The van der Waals surface area contributed by atoms with Gasteiger partial charge in [0.1, 0.15) is 12.1 Å². The van der Waals surface area contributed by atoms with E-state index in [1.807, 2.05) is 12.3 Å². The van der Waals surface area contributed by atoms with Crippen LogP contribution in [0.2, 0.25) is 0 Å². The van der Waals surface area contributed by atoms with E-state index in [2.05, 4.69) is 54.4 Å². The lowest BCUT2D eigenvalue weighted by Gasteiger charge is -2.36. The minimum atomic E-state index is -0.243. The summed E-state index contributed by atoms with van der Waals surface area (Å²) in [5.74, 6) is 0.959. The van der Waals surface area contributed by atoms with Crippen LogP contribution in [0.4, 0.5) is 11.5 Å². The number of fused-ring (bicyclic) bond motifs is 1. The number of aromatic nitrogens is 4. The predicted molar refractivity (Wildman–Crippen MR) is 117 cm³/mol. The van der Waals surface area contributed by atoms with E-state index in [1.165, 1.54) is 12.0 Å². The minimum Gasteiger partial charge on any atom is -0.459 e. The second-order valence-electron chi connectivity index (χ2n) is 7.35. The monoisotopic (exact) mass is 417 g/mol. The van der Waals surface area contributed by atoms with Crippen LogP contribution in [0.1, 0.15) is 10.6 Å². The zero-order valence-electron chi connectivity index (χ0n) is 17.0. The lowest BCUT2D eigenvalue weighted by Crippen LogP contribution is -2.46. The third kappa shape index (κ3) is 3.94. The van der Waals surface area contributed by atoms with Gasteiger partial charge in [-0.3, -0.25) is 4.79 Å². The van der Waals surface area contributed by atoms with Crippen molar-refractivity contribution >= 4 is 28.4 Å². The Bertz CT molecular complexity index is 1150. The van der Waals surface area contributed by atoms with Crippen LogP contribution < -0.4 is 15.1 Å². The average Bonchev–Trinajstić information content (AvgIpc) is 3.50. The van der Waals surface area contributed by atoms with Gasteiger partial charge in [-0.2, -0.15) is 5.10 Å². The van der Waals surface area contributed by atoms with Crippen LogP contribution in [0.25, 0.3) is 11.0 Å². The molecule has 1 saturated heterocycles. The minimum absolute atomic E-state index is 0.243. The number of nitrogens with one attached hydrogen (secondary N) is 1. The second-order valence-corrected chi connectivity index (χ2v) is 7.35. The number of para-hydroxylation sites is 1. The van der Waals surface area contributed by atoms with Crippen molar-refractivity contribution in [2.75, 3.05) is 42.5 Å². The molecule has 0 saturated carbocycles. The van der Waals surface area contributed by atoms with Gasteiger partial charge in [0, 0.05) is 38.4 Å². The number of amides is 1. The van der Waals surface area contributed by atoms with Crippen molar-refractivity contribution in [1.82, 2.24) is 25.1 Å². The first-order valence-electron chi connectivity index (χ1n) is 10.3. The highest BCUT2D eigenvalue weighted by atomic mass is 16.3. The maximum absolute atomic E-state index is 12.0. The molecule has 4 aromatic rings. The standard InChI is InChI=1S/C22H23N7O2/c30-22(19-7-4-14-31-19)23-8-9-29-21-18(15-26-29)20(24-16-25-21)28-12-10-27(11-13-28)17-5-2-1-3-6-17/h1-7,14-16H,8-13H2,(H,23,30). The molecule has 9 nitrogen and oxygen atoms in total. The average molecular weight is 417 g/mol. The maximum atomic E-state index is 12.0. The molecule has 4 heterocycles. The topological polar surface area (TPSA) is 92.3 Å². The number of rotatable bonds is 6. The van der Waals surface area contributed by atoms with E-state index in [9.17, 15) is 4.79 Å². The van der Waals surface area contributed by atoms with Crippen LogP contribution in [-0.4, -0.2) is 58.4 Å². The summed E-state index contributed by atoms with van der Waals surface area (Å²) in [6.45, 7) is 4.56. The van der Waals surface area contributed by atoms with Gasteiger partial charge in [0.25, 0.3) is 5.91 Å². The van der Waals surface area contributed by atoms with Gasteiger partial charge >= 0.3 is 0 Å². The number of carbonyl (C=O) groups is 1. The smallest absolute Gasteiger partial charge is 0.287 e. The fourth-order valence-electron chi connectivity index (χ4n) is 3.88. The van der Waals surface area contributed by atoms with Crippen molar-refractivity contribution in [2.45, 2.75) is 6.54 Å². The summed E-state index contributed by atoms with van der Waals surface area (Å²) < 4.78 is 6.90. The Kier molecular flexibility index (Phi) is 5.22. The van der Waals surface area contributed by atoms with Gasteiger partial charge < -0.3 is 19.5 Å². The first-order chi connectivity index (χ1) is 15.3. The fraction of sp³-hybridized carbons (Fsp3) is 0.273. The largest absolute Gasteiger partial charge is 0.459 e. The SMILES string of the molecule is O=C(NCCn1ncc2c(N3CCN(c4ccccc4)CC3)ncnc21)c1ccco1. The molecule has 9 heteroatoms. The van der Waals surface area contributed by atoms with E-state index in [1.54, 1.807) is 23.1 Å². The van der Waals surface area contributed by atoms with E-state index in [0.29, 0.717) is 18.8 Å². The Morgan fingerprint density at radius 2 is 1.81 bits per heavy atom. The third-order valence-electron chi connectivity index (χ3n) is 5.47. The number of furan rings is 1. The Labute approximate surface area is 179 Å². The molecule has 3 aromatic heterocycles. The molecule has 1 aliphatic heterocycles. The summed E-state index contributed by atoms with van der Waals surface area (Å²) in [5, 5.41) is 8.23. The number of piperazine rings is 1. The summed E-state index contributed by atoms with van der Waals surface area (Å²) in [7, 11) is 0. The number of benzene rings is 1. The summed E-state index contributed by atoms with van der Waals surface area (Å²) >= 11 is 0. The van der Waals surface area contributed by atoms with Crippen LogP contribution in [0.5, 0.6) is 0 Å². The Morgan fingerprint density at radius 3 is 2.58 bits per heavy atom. The van der Waals surface area contributed by atoms with Gasteiger partial charge in [-0.05, 0) is 24.3 Å². The molecule has 0 spiro atoms. The van der Waals surface area contributed by atoms with E-state index < -0.39 is 0 Å². The van der Waals surface area contributed by atoms with Gasteiger partial charge in [0.05, 0.1) is 24.4 Å². The van der Waals surface area contributed by atoms with Gasteiger partial charge in [-0.1, -0.05) is 18.2 Å². The van der Waals surface area contributed by atoms with Crippen molar-refractivity contribution in [2.24, 2.45) is 0 Å². The predicted octanol–water partition coefficient (Wildman–Crippen LogP) is 2.18. The maximum Gasteiger partial charge on any atom is 0.287 e. The molecule has 31 heavy (non-hydrogen) atoms. The quantitative estimate of drug-likeness (QED) is 0.514. The van der Waals surface area contributed by atoms with E-state index in [0.717, 1.165) is 43.0 Å². The summed E-state index contributed by atoms with van der Waals surface area (Å²) in [6.07, 6.45) is 4.87. The third-order valence-corrected chi connectivity index (χ3v) is 5.47. The molecule has 5 rings (SSSR count). The zero-order valence-corrected chi connectivity index (χ0v) is 17.0. The molecule has 1 N–H and O–H groups in total. The molecule has 1 aromatic carbocycles. The van der Waals surface area contributed by atoms with Crippen molar-refractivity contribution in [3.05, 3.63) is 67.0 Å². The number of hydrogen-bond acceptors (Lipinski definition) is 7. The Balaban J connectivity index is 1.25. The number of nitrogens with zero attached hydrogens (tertiary/aromatic N) is 6. The molecule has 1 fully saturated rings. The highest BCUT2D eigenvalue weighted by Crippen LogP contribution is 2.25. The van der Waals surface area contributed by atoms with E-state index in [-0.39, 0.29) is 5.91 Å². The van der Waals surface area contributed by atoms with Crippen LogP contribution in [0.15, 0.2) is 65.7 Å². The van der Waals surface area contributed by atoms with Gasteiger partial charge in [-0.25, -0.2) is 14.6 Å².